The molecule has 1 aromatic carbocycles. The zero-order valence-electron chi connectivity index (χ0n) is 9.78. The fourth-order valence-electron chi connectivity index (χ4n) is 1.66. The van der Waals surface area contributed by atoms with Crippen molar-refractivity contribution in [2.45, 2.75) is 26.9 Å². The Morgan fingerprint density at radius 1 is 1.50 bits per heavy atom. The van der Waals surface area contributed by atoms with Gasteiger partial charge < -0.3 is 4.74 Å². The first kappa shape index (κ1) is 14.0. The monoisotopic (exact) mass is 259 g/mol. The van der Waals surface area contributed by atoms with E-state index in [0.717, 1.165) is 6.07 Å². The van der Waals surface area contributed by atoms with Crippen molar-refractivity contribution < 1.29 is 23.2 Å². The second-order valence-corrected chi connectivity index (χ2v) is 3.49. The maximum Gasteiger partial charge on any atom is 0.387 e. The number of carbonyl (C=O) groups is 1. The molecule has 0 radical (unpaired) electrons. The van der Waals surface area contributed by atoms with Gasteiger partial charge in [0.1, 0.15) is 0 Å². The van der Waals surface area contributed by atoms with Crippen LogP contribution in [0.1, 0.15) is 29.8 Å². The van der Waals surface area contributed by atoms with E-state index in [1.54, 1.807) is 6.92 Å². The van der Waals surface area contributed by atoms with E-state index in [1.807, 2.05) is 0 Å². The molecular formula is C11H11F2NO4. The Balaban J connectivity index is 3.50. The molecule has 0 bridgehead atoms. The minimum absolute atomic E-state index is 0.122. The number of halogens is 2. The highest BCUT2D eigenvalue weighted by atomic mass is 19.3. The summed E-state index contributed by atoms with van der Waals surface area (Å²) >= 11 is 0. The number of benzene rings is 1. The molecular weight excluding hydrogens is 248 g/mol. The average Bonchev–Trinajstić information content (AvgIpc) is 2.26. The summed E-state index contributed by atoms with van der Waals surface area (Å²) in [5, 5.41) is 10.7. The van der Waals surface area contributed by atoms with E-state index in [2.05, 4.69) is 4.74 Å². The lowest BCUT2D eigenvalue weighted by Crippen LogP contribution is -2.10. The number of ketones is 1. The van der Waals surface area contributed by atoms with E-state index in [1.165, 1.54) is 13.0 Å². The van der Waals surface area contributed by atoms with Crippen LogP contribution in [0.15, 0.2) is 12.1 Å². The number of nitrogens with zero attached hydrogens (tertiary/aromatic N) is 1. The third-order valence-corrected chi connectivity index (χ3v) is 2.38. The van der Waals surface area contributed by atoms with Gasteiger partial charge in [-0.05, 0) is 19.4 Å². The zero-order chi connectivity index (χ0) is 13.9. The smallest absolute Gasteiger partial charge is 0.387 e. The number of alkyl halides is 2. The van der Waals surface area contributed by atoms with Crippen LogP contribution in [0, 0.1) is 10.1 Å². The summed E-state index contributed by atoms with van der Waals surface area (Å²) in [5.74, 6) is -0.897. The summed E-state index contributed by atoms with van der Waals surface area (Å²) in [6.45, 7) is -0.327. The van der Waals surface area contributed by atoms with Gasteiger partial charge in [-0.2, -0.15) is 8.78 Å². The van der Waals surface area contributed by atoms with Gasteiger partial charge in [-0.1, -0.05) is 6.92 Å². The Morgan fingerprint density at radius 3 is 2.50 bits per heavy atom. The van der Waals surface area contributed by atoms with Gasteiger partial charge in [-0.3, -0.25) is 14.9 Å². The van der Waals surface area contributed by atoms with Crippen LogP contribution in [-0.4, -0.2) is 17.3 Å². The summed E-state index contributed by atoms with van der Waals surface area (Å²) in [6.07, 6.45) is 0.179. The van der Waals surface area contributed by atoms with Crippen LogP contribution >= 0.6 is 0 Å². The number of Topliss-reactive ketones (excluding diaryl/α,β-unsaturated/α-hetero) is 1. The number of nitro benzene ring substituents is 1. The lowest BCUT2D eigenvalue weighted by atomic mass is 10.00. The molecule has 0 aliphatic carbocycles. The molecule has 0 spiro atoms. The molecule has 0 N–H and O–H groups in total. The van der Waals surface area contributed by atoms with Crippen LogP contribution in [0.3, 0.4) is 0 Å². The van der Waals surface area contributed by atoms with E-state index in [9.17, 15) is 23.7 Å². The van der Waals surface area contributed by atoms with Gasteiger partial charge >= 0.3 is 12.3 Å². The Bertz CT molecular complexity index is 488. The van der Waals surface area contributed by atoms with Gasteiger partial charge in [0.05, 0.1) is 4.92 Å². The number of carbonyl (C=O) groups excluding carboxylic acids is 1. The number of ether oxygens (including phenoxy) is 1. The molecule has 5 nitrogen and oxygen atoms in total. The zero-order valence-corrected chi connectivity index (χ0v) is 9.78. The van der Waals surface area contributed by atoms with Crippen molar-refractivity contribution in [2.24, 2.45) is 0 Å². The molecule has 0 fully saturated rings. The minimum Gasteiger partial charge on any atom is -0.427 e. The van der Waals surface area contributed by atoms with E-state index < -0.39 is 23.0 Å². The Hall–Kier alpha value is -2.05. The standard InChI is InChI=1S/C11H11F2NO4/c1-3-7-8(6(2)15)4-5-9(14(16)17)10(7)18-11(12)13/h4-5,11H,3H2,1-2H3. The van der Waals surface area contributed by atoms with Crippen LogP contribution in [0.25, 0.3) is 0 Å². The van der Waals surface area contributed by atoms with Crippen molar-refractivity contribution in [3.63, 3.8) is 0 Å². The van der Waals surface area contributed by atoms with Crippen LogP contribution in [0.2, 0.25) is 0 Å². The van der Waals surface area contributed by atoms with Crippen molar-refractivity contribution in [2.75, 3.05) is 0 Å². The number of hydrogen-bond donors (Lipinski definition) is 0. The third-order valence-electron chi connectivity index (χ3n) is 2.38. The fraction of sp³-hybridized carbons (Fsp3) is 0.364. The number of nitro groups is 1. The molecule has 0 aliphatic heterocycles. The Morgan fingerprint density at radius 2 is 2.11 bits per heavy atom. The molecule has 98 valence electrons. The van der Waals surface area contributed by atoms with Gasteiger partial charge in [0.15, 0.2) is 5.78 Å². The molecule has 0 saturated carbocycles. The van der Waals surface area contributed by atoms with E-state index in [4.69, 9.17) is 0 Å². The van der Waals surface area contributed by atoms with Crippen molar-refractivity contribution in [1.29, 1.82) is 0 Å². The second kappa shape index (κ2) is 5.52. The topological polar surface area (TPSA) is 69.4 Å². The SMILES string of the molecule is CCc1c(C(C)=O)ccc([N+](=O)[O-])c1OC(F)F. The van der Waals surface area contributed by atoms with E-state index >= 15 is 0 Å². The largest absolute Gasteiger partial charge is 0.427 e. The van der Waals surface area contributed by atoms with Crippen LogP contribution < -0.4 is 4.74 Å². The van der Waals surface area contributed by atoms with Crippen molar-refractivity contribution in [3.05, 3.63) is 33.4 Å². The summed E-state index contributed by atoms with van der Waals surface area (Å²) in [5.41, 5.74) is -0.298. The van der Waals surface area contributed by atoms with Crippen molar-refractivity contribution in [3.8, 4) is 5.75 Å². The molecule has 1 rings (SSSR count). The molecule has 0 heterocycles. The predicted octanol–water partition coefficient (Wildman–Crippen LogP) is 2.96. The molecule has 0 saturated heterocycles. The maximum absolute atomic E-state index is 12.3. The van der Waals surface area contributed by atoms with Crippen molar-refractivity contribution >= 4 is 11.5 Å². The lowest BCUT2D eigenvalue weighted by Gasteiger charge is -2.12. The molecule has 0 aliphatic rings. The lowest BCUT2D eigenvalue weighted by molar-refractivity contribution is -0.386. The first-order valence-corrected chi connectivity index (χ1v) is 5.14. The summed E-state index contributed by atoms with van der Waals surface area (Å²) in [4.78, 5) is 21.3. The first-order valence-electron chi connectivity index (χ1n) is 5.14. The molecule has 0 amide bonds. The van der Waals surface area contributed by atoms with Crippen molar-refractivity contribution in [1.82, 2.24) is 0 Å². The highest BCUT2D eigenvalue weighted by Crippen LogP contribution is 2.35. The van der Waals surface area contributed by atoms with Gasteiger partial charge in [0, 0.05) is 17.2 Å². The molecule has 1 aromatic rings. The summed E-state index contributed by atoms with van der Waals surface area (Å²) in [6, 6.07) is 2.24. The van der Waals surface area contributed by atoms with Crippen LogP contribution in [0.4, 0.5) is 14.5 Å². The third kappa shape index (κ3) is 2.79. The van der Waals surface area contributed by atoms with Gasteiger partial charge in [-0.25, -0.2) is 0 Å². The molecule has 0 unspecified atom stereocenters. The minimum atomic E-state index is -3.18. The molecule has 7 heteroatoms. The van der Waals surface area contributed by atoms with Gasteiger partial charge in [0.25, 0.3) is 0 Å². The highest BCUT2D eigenvalue weighted by Gasteiger charge is 2.25. The number of hydrogen-bond acceptors (Lipinski definition) is 4. The number of rotatable bonds is 5. The normalized spacial score (nSPS) is 10.5. The van der Waals surface area contributed by atoms with Crippen LogP contribution in [0.5, 0.6) is 5.75 Å². The molecule has 18 heavy (non-hydrogen) atoms. The predicted molar refractivity (Wildman–Crippen MR) is 59.1 cm³/mol. The summed E-state index contributed by atoms with van der Waals surface area (Å²) in [7, 11) is 0. The van der Waals surface area contributed by atoms with Gasteiger partial charge in [-0.15, -0.1) is 0 Å². The Labute approximate surface area is 102 Å². The Kier molecular flexibility index (Phi) is 4.30. The fourth-order valence-corrected chi connectivity index (χ4v) is 1.66. The first-order chi connectivity index (χ1) is 8.38. The summed E-state index contributed by atoms with van der Waals surface area (Å²) < 4.78 is 28.8. The van der Waals surface area contributed by atoms with E-state index in [0.29, 0.717) is 0 Å². The molecule has 0 aromatic heterocycles. The quantitative estimate of drug-likeness (QED) is 0.463. The van der Waals surface area contributed by atoms with Gasteiger partial charge in [0.2, 0.25) is 5.75 Å². The van der Waals surface area contributed by atoms with Crippen LogP contribution in [-0.2, 0) is 6.42 Å². The maximum atomic E-state index is 12.3. The average molecular weight is 259 g/mol. The highest BCUT2D eigenvalue weighted by molar-refractivity contribution is 5.96. The van der Waals surface area contributed by atoms with E-state index in [-0.39, 0.29) is 23.3 Å². The molecule has 0 atom stereocenters. The second-order valence-electron chi connectivity index (χ2n) is 3.49.